The lowest BCUT2D eigenvalue weighted by atomic mass is 9.91. The largest absolute Gasteiger partial charge is 0.376 e. The molecule has 1 aliphatic carbocycles. The molecular weight excluding hydrogens is 392 g/mol. The molecule has 3 aromatic rings. The van der Waals surface area contributed by atoms with Crippen molar-refractivity contribution in [2.24, 2.45) is 7.05 Å². The van der Waals surface area contributed by atoms with Crippen LogP contribution < -0.4 is 10.9 Å². The fourth-order valence-corrected chi connectivity index (χ4v) is 4.97. The molecular formula is C24H28N4O3. The lowest BCUT2D eigenvalue weighted by Crippen LogP contribution is -2.40. The zero-order valence-electron chi connectivity index (χ0n) is 17.8. The highest BCUT2D eigenvalue weighted by Crippen LogP contribution is 2.28. The van der Waals surface area contributed by atoms with E-state index in [-0.39, 0.29) is 23.6 Å². The van der Waals surface area contributed by atoms with Gasteiger partial charge in [-0.15, -0.1) is 0 Å². The molecule has 0 spiro atoms. The molecule has 3 heterocycles. The smallest absolute Gasteiger partial charge is 0.267 e. The van der Waals surface area contributed by atoms with Crippen LogP contribution in [0.2, 0.25) is 0 Å². The third kappa shape index (κ3) is 4.02. The Morgan fingerprint density at radius 3 is 2.87 bits per heavy atom. The Hall–Kier alpha value is -2.93. The highest BCUT2D eigenvalue weighted by atomic mass is 16.5. The Morgan fingerprint density at radius 2 is 2.03 bits per heavy atom. The number of amides is 1. The summed E-state index contributed by atoms with van der Waals surface area (Å²) < 4.78 is 9.16. The summed E-state index contributed by atoms with van der Waals surface area (Å²) in [6.07, 6.45) is 6.61. The molecule has 1 aliphatic heterocycles. The lowest BCUT2D eigenvalue weighted by Gasteiger charge is -2.30. The van der Waals surface area contributed by atoms with Crippen LogP contribution in [0.15, 0.2) is 41.3 Å². The van der Waals surface area contributed by atoms with Crippen molar-refractivity contribution in [2.75, 3.05) is 6.61 Å². The second kappa shape index (κ2) is 8.30. The van der Waals surface area contributed by atoms with E-state index in [4.69, 9.17) is 4.74 Å². The van der Waals surface area contributed by atoms with Crippen LogP contribution in [-0.4, -0.2) is 32.9 Å². The average molecular weight is 421 g/mol. The van der Waals surface area contributed by atoms with Gasteiger partial charge < -0.3 is 14.6 Å². The molecule has 7 nitrogen and oxygen atoms in total. The van der Waals surface area contributed by atoms with Gasteiger partial charge in [-0.25, -0.2) is 4.68 Å². The fraction of sp³-hybridized carbons (Fsp3) is 0.458. The van der Waals surface area contributed by atoms with E-state index in [1.807, 2.05) is 25.4 Å². The third-order valence-electron chi connectivity index (χ3n) is 6.60. The number of nitrogens with zero attached hydrogens (tertiary/aromatic N) is 3. The number of benzene rings is 1. The van der Waals surface area contributed by atoms with Crippen LogP contribution in [0.25, 0.3) is 10.9 Å². The van der Waals surface area contributed by atoms with Gasteiger partial charge in [0.05, 0.1) is 31.4 Å². The first-order valence-electron chi connectivity index (χ1n) is 11.1. The minimum Gasteiger partial charge on any atom is -0.376 e. The van der Waals surface area contributed by atoms with Crippen molar-refractivity contribution in [1.82, 2.24) is 19.7 Å². The Bertz CT molecular complexity index is 1170. The van der Waals surface area contributed by atoms with Crippen LogP contribution in [0.4, 0.5) is 0 Å². The van der Waals surface area contributed by atoms with Gasteiger partial charge in [0, 0.05) is 48.2 Å². The van der Waals surface area contributed by atoms with Crippen LogP contribution in [0.1, 0.15) is 48.5 Å². The summed E-state index contributed by atoms with van der Waals surface area (Å²) in [5.74, 6) is 0.0591. The van der Waals surface area contributed by atoms with E-state index in [9.17, 15) is 9.59 Å². The summed E-state index contributed by atoms with van der Waals surface area (Å²) >= 11 is 0. The quantitative estimate of drug-likeness (QED) is 0.704. The molecule has 5 rings (SSSR count). The SMILES string of the molecule is Cn1cc(CC(=O)NC2CCC(n3nc4c(cc3=O)COCC4)CC2)c2ccccc21. The van der Waals surface area contributed by atoms with E-state index >= 15 is 0 Å². The highest BCUT2D eigenvalue weighted by Gasteiger charge is 2.26. The van der Waals surface area contributed by atoms with Crippen molar-refractivity contribution in [3.63, 3.8) is 0 Å². The average Bonchev–Trinajstić information content (AvgIpc) is 3.09. The molecule has 1 N–H and O–H groups in total. The Kier molecular flexibility index (Phi) is 5.36. The monoisotopic (exact) mass is 420 g/mol. The van der Waals surface area contributed by atoms with Gasteiger partial charge in [-0.05, 0) is 37.3 Å². The van der Waals surface area contributed by atoms with Crippen molar-refractivity contribution >= 4 is 16.8 Å². The van der Waals surface area contributed by atoms with Crippen molar-refractivity contribution < 1.29 is 9.53 Å². The molecule has 0 bridgehead atoms. The zero-order valence-corrected chi connectivity index (χ0v) is 17.8. The molecule has 162 valence electrons. The van der Waals surface area contributed by atoms with Gasteiger partial charge in [-0.1, -0.05) is 18.2 Å². The summed E-state index contributed by atoms with van der Waals surface area (Å²) in [6, 6.07) is 10.1. The number of rotatable bonds is 4. The molecule has 1 fully saturated rings. The van der Waals surface area contributed by atoms with Crippen LogP contribution >= 0.6 is 0 Å². The predicted molar refractivity (Wildman–Crippen MR) is 118 cm³/mol. The maximum Gasteiger partial charge on any atom is 0.267 e. The molecule has 2 aromatic heterocycles. The minimum absolute atomic E-state index is 0.0484. The van der Waals surface area contributed by atoms with Gasteiger partial charge in [0.25, 0.3) is 5.56 Å². The number of hydrogen-bond acceptors (Lipinski definition) is 4. The first kappa shape index (κ1) is 20.0. The standard InChI is InChI=1S/C24H28N4O3/c1-27-14-16(20-4-2-3-5-22(20)27)12-23(29)25-18-6-8-19(9-7-18)28-24(30)13-17-15-31-11-10-21(17)26-28/h2-5,13-14,18-19H,6-12,15H2,1H3,(H,25,29). The predicted octanol–water partition coefficient (Wildman–Crippen LogP) is 2.65. The molecule has 1 amide bonds. The molecule has 31 heavy (non-hydrogen) atoms. The number of hydrogen-bond donors (Lipinski definition) is 1. The van der Waals surface area contributed by atoms with Crippen molar-refractivity contribution in [1.29, 1.82) is 0 Å². The topological polar surface area (TPSA) is 78.2 Å². The van der Waals surface area contributed by atoms with Crippen molar-refractivity contribution in [3.05, 3.63) is 63.7 Å². The van der Waals surface area contributed by atoms with Gasteiger partial charge in [-0.2, -0.15) is 5.10 Å². The van der Waals surface area contributed by atoms with Crippen LogP contribution in [0.3, 0.4) is 0 Å². The molecule has 0 saturated heterocycles. The Labute approximate surface area is 181 Å². The lowest BCUT2D eigenvalue weighted by molar-refractivity contribution is -0.121. The summed E-state index contributed by atoms with van der Waals surface area (Å²) in [5, 5.41) is 8.98. The molecule has 1 aromatic carbocycles. The first-order valence-corrected chi connectivity index (χ1v) is 11.1. The van der Waals surface area contributed by atoms with Gasteiger partial charge in [-0.3, -0.25) is 9.59 Å². The first-order chi connectivity index (χ1) is 15.1. The van der Waals surface area contributed by atoms with E-state index < -0.39 is 0 Å². The number of aryl methyl sites for hydroxylation is 1. The van der Waals surface area contributed by atoms with Crippen LogP contribution in [-0.2, 0) is 36.0 Å². The zero-order chi connectivity index (χ0) is 21.4. The van der Waals surface area contributed by atoms with Gasteiger partial charge in [0.15, 0.2) is 0 Å². The van der Waals surface area contributed by atoms with E-state index in [2.05, 4.69) is 27.1 Å². The number of ether oxygens (including phenoxy) is 1. The van der Waals surface area contributed by atoms with E-state index in [0.29, 0.717) is 19.6 Å². The normalized spacial score (nSPS) is 21.1. The van der Waals surface area contributed by atoms with E-state index in [1.54, 1.807) is 10.7 Å². The second-order valence-corrected chi connectivity index (χ2v) is 8.73. The molecule has 7 heteroatoms. The summed E-state index contributed by atoms with van der Waals surface area (Å²) in [5.41, 5.74) is 4.05. The summed E-state index contributed by atoms with van der Waals surface area (Å²) in [7, 11) is 2.01. The van der Waals surface area contributed by atoms with Crippen LogP contribution in [0.5, 0.6) is 0 Å². The third-order valence-corrected chi connectivity index (χ3v) is 6.60. The van der Waals surface area contributed by atoms with Crippen LogP contribution in [0, 0.1) is 0 Å². The minimum atomic E-state index is -0.0484. The second-order valence-electron chi connectivity index (χ2n) is 8.73. The number of carbonyl (C=O) groups excluding carboxylic acids is 1. The number of aromatic nitrogens is 3. The number of carbonyl (C=O) groups is 1. The van der Waals surface area contributed by atoms with Crippen molar-refractivity contribution in [3.8, 4) is 0 Å². The number of nitrogens with one attached hydrogen (secondary N) is 1. The molecule has 2 aliphatic rings. The molecule has 1 saturated carbocycles. The summed E-state index contributed by atoms with van der Waals surface area (Å²) in [6.45, 7) is 1.14. The molecule has 0 radical (unpaired) electrons. The van der Waals surface area contributed by atoms with Gasteiger partial charge in [0.2, 0.25) is 5.91 Å². The summed E-state index contributed by atoms with van der Waals surface area (Å²) in [4.78, 5) is 25.2. The Morgan fingerprint density at radius 1 is 1.23 bits per heavy atom. The Balaban J connectivity index is 1.20. The fourth-order valence-electron chi connectivity index (χ4n) is 4.97. The highest BCUT2D eigenvalue weighted by molar-refractivity contribution is 5.89. The van der Waals surface area contributed by atoms with Crippen molar-refractivity contribution in [2.45, 2.75) is 57.2 Å². The van der Waals surface area contributed by atoms with Gasteiger partial charge in [0.1, 0.15) is 0 Å². The molecule has 0 unspecified atom stereocenters. The van der Waals surface area contributed by atoms with E-state index in [0.717, 1.165) is 59.8 Å². The van der Waals surface area contributed by atoms with E-state index in [1.165, 1.54) is 0 Å². The van der Waals surface area contributed by atoms with Gasteiger partial charge >= 0.3 is 0 Å². The number of fused-ring (bicyclic) bond motifs is 2. The molecule has 0 atom stereocenters. The maximum atomic E-state index is 12.7. The maximum absolute atomic E-state index is 12.7. The number of para-hydroxylation sites is 1.